The smallest absolute Gasteiger partial charge is 0.376 e. The Balaban J connectivity index is 1.78. The molecule has 3 nitrogen and oxygen atoms in total. The van der Waals surface area contributed by atoms with E-state index in [0.717, 1.165) is 37.6 Å². The van der Waals surface area contributed by atoms with Crippen LogP contribution in [0.4, 0.5) is 0 Å². The summed E-state index contributed by atoms with van der Waals surface area (Å²) in [6.45, 7) is 4.66. The van der Waals surface area contributed by atoms with Crippen LogP contribution in [0, 0.1) is 11.8 Å². The molecule has 1 aromatic rings. The van der Waals surface area contributed by atoms with Crippen LogP contribution in [0.25, 0.3) is 0 Å². The Kier molecular flexibility index (Phi) is 4.84. The summed E-state index contributed by atoms with van der Waals surface area (Å²) in [6, 6.07) is 8.40. The molecular weight excluding hydrogens is 296 g/mol. The lowest BCUT2D eigenvalue weighted by molar-refractivity contribution is 0.155. The van der Waals surface area contributed by atoms with Crippen molar-refractivity contribution in [3.05, 3.63) is 34.9 Å². The summed E-state index contributed by atoms with van der Waals surface area (Å²) in [4.78, 5) is 2.17. The van der Waals surface area contributed by atoms with Crippen LogP contribution < -0.4 is 0 Å². The Morgan fingerprint density at radius 3 is 2.50 bits per heavy atom. The lowest BCUT2D eigenvalue weighted by atomic mass is 9.73. The quantitative estimate of drug-likeness (QED) is 0.846. The molecule has 22 heavy (non-hydrogen) atoms. The maximum atomic E-state index is 9.76. The lowest BCUT2D eigenvalue weighted by Gasteiger charge is -2.38. The van der Waals surface area contributed by atoms with Crippen molar-refractivity contribution in [2.45, 2.75) is 31.5 Å². The zero-order valence-electron chi connectivity index (χ0n) is 13.5. The Morgan fingerprint density at radius 1 is 1.32 bits per heavy atom. The molecule has 1 N–H and O–H groups in total. The van der Waals surface area contributed by atoms with Gasteiger partial charge in [0.15, 0.2) is 0 Å². The van der Waals surface area contributed by atoms with E-state index in [4.69, 9.17) is 16.3 Å². The van der Waals surface area contributed by atoms with Crippen molar-refractivity contribution in [3.63, 3.8) is 0 Å². The molecule has 0 radical (unpaired) electrons. The van der Waals surface area contributed by atoms with Crippen molar-refractivity contribution in [1.82, 2.24) is 4.81 Å². The van der Waals surface area contributed by atoms with Crippen molar-refractivity contribution in [2.75, 3.05) is 26.8 Å². The van der Waals surface area contributed by atoms with E-state index in [-0.39, 0.29) is 12.5 Å². The molecule has 1 saturated heterocycles. The lowest BCUT2D eigenvalue weighted by Crippen LogP contribution is -2.45. The zero-order chi connectivity index (χ0) is 15.7. The molecule has 2 fully saturated rings. The van der Waals surface area contributed by atoms with Gasteiger partial charge in [0.1, 0.15) is 0 Å². The fourth-order valence-electron chi connectivity index (χ4n) is 4.40. The molecule has 0 unspecified atom stereocenters. The van der Waals surface area contributed by atoms with Crippen LogP contribution in [0.3, 0.4) is 0 Å². The Labute approximate surface area is 138 Å². The highest BCUT2D eigenvalue weighted by Gasteiger charge is 2.59. The highest BCUT2D eigenvalue weighted by Crippen LogP contribution is 2.61. The molecule has 1 aromatic carbocycles. The number of rotatable bonds is 5. The Hall–Kier alpha value is -0.545. The summed E-state index contributed by atoms with van der Waals surface area (Å²) in [6.07, 6.45) is 3.50. The second kappa shape index (κ2) is 6.52. The van der Waals surface area contributed by atoms with E-state index in [9.17, 15) is 5.02 Å². The number of hydrogen-bond acceptors (Lipinski definition) is 3. The van der Waals surface area contributed by atoms with Crippen molar-refractivity contribution in [1.29, 1.82) is 0 Å². The van der Waals surface area contributed by atoms with Gasteiger partial charge < -0.3 is 14.6 Å². The van der Waals surface area contributed by atoms with Crippen LogP contribution in [-0.4, -0.2) is 43.7 Å². The number of methoxy groups -OCH3 is 1. The number of hydrogen-bond donors (Lipinski definition) is 1. The molecule has 1 saturated carbocycles. The van der Waals surface area contributed by atoms with Crippen LogP contribution in [0.2, 0.25) is 11.8 Å². The van der Waals surface area contributed by atoms with Gasteiger partial charge in [-0.05, 0) is 68.7 Å². The third-order valence-electron chi connectivity index (χ3n) is 5.69. The minimum atomic E-state index is -0.332. The Bertz CT molecular complexity index is 502. The van der Waals surface area contributed by atoms with Gasteiger partial charge in [-0.2, -0.15) is 0 Å². The third kappa shape index (κ3) is 2.94. The molecule has 3 rings (SSSR count). The Morgan fingerprint density at radius 2 is 1.95 bits per heavy atom. The largest absolute Gasteiger partial charge is 0.437 e. The van der Waals surface area contributed by atoms with Gasteiger partial charge in [-0.1, -0.05) is 23.7 Å². The molecule has 1 aliphatic carbocycles. The standard InChI is InChI=1S/C17H25BClNO2/c1-18(21)20-9-7-14(8-10-20)17(11-15(17)12-22-2)13-3-5-16(19)6-4-13/h3-6,14-15,21H,7-12H2,1-2H3/t15-,17+/m1/s1. The first-order valence-electron chi connectivity index (χ1n) is 8.25. The minimum absolute atomic E-state index is 0.255. The second-order valence-electron chi connectivity index (χ2n) is 6.85. The van der Waals surface area contributed by atoms with Crippen LogP contribution in [-0.2, 0) is 10.2 Å². The second-order valence-corrected chi connectivity index (χ2v) is 7.28. The highest BCUT2D eigenvalue weighted by molar-refractivity contribution is 6.45. The average molecular weight is 322 g/mol. The minimum Gasteiger partial charge on any atom is -0.437 e. The topological polar surface area (TPSA) is 32.7 Å². The molecule has 0 aromatic heterocycles. The summed E-state index contributed by atoms with van der Waals surface area (Å²) >= 11 is 6.06. The maximum Gasteiger partial charge on any atom is 0.376 e. The van der Waals surface area contributed by atoms with Gasteiger partial charge in [0, 0.05) is 24.2 Å². The summed E-state index contributed by atoms with van der Waals surface area (Å²) in [5.74, 6) is 1.28. The molecule has 120 valence electrons. The van der Waals surface area contributed by atoms with Gasteiger partial charge in [-0.3, -0.25) is 0 Å². The SMILES string of the molecule is COC[C@H]1C[C@]1(c1ccc(Cl)cc1)C1CCN(B(C)O)CC1. The summed E-state index contributed by atoms with van der Waals surface area (Å²) in [5, 5.41) is 10.6. The maximum absolute atomic E-state index is 9.76. The molecule has 2 atom stereocenters. The number of halogens is 1. The zero-order valence-corrected chi connectivity index (χ0v) is 14.2. The third-order valence-corrected chi connectivity index (χ3v) is 5.94. The number of ether oxygens (including phenoxy) is 1. The van der Waals surface area contributed by atoms with Crippen molar-refractivity contribution < 1.29 is 9.76 Å². The molecule has 0 bridgehead atoms. The molecule has 0 spiro atoms. The van der Waals surface area contributed by atoms with Gasteiger partial charge in [0.25, 0.3) is 0 Å². The van der Waals surface area contributed by atoms with E-state index in [2.05, 4.69) is 16.9 Å². The number of benzene rings is 1. The summed E-state index contributed by atoms with van der Waals surface area (Å²) < 4.78 is 5.44. The number of piperidine rings is 1. The van der Waals surface area contributed by atoms with Crippen LogP contribution in [0.15, 0.2) is 24.3 Å². The molecule has 0 amide bonds. The predicted octanol–water partition coefficient (Wildman–Crippen LogP) is 3.07. The van der Waals surface area contributed by atoms with Crippen molar-refractivity contribution >= 4 is 18.7 Å². The average Bonchev–Trinajstić information content (AvgIpc) is 3.24. The van der Waals surface area contributed by atoms with Gasteiger partial charge in [0.2, 0.25) is 0 Å². The molecule has 1 heterocycles. The first kappa shape index (κ1) is 16.3. The van der Waals surface area contributed by atoms with E-state index < -0.39 is 0 Å². The fraction of sp³-hybridized carbons (Fsp3) is 0.647. The van der Waals surface area contributed by atoms with Crippen LogP contribution >= 0.6 is 11.6 Å². The predicted molar refractivity (Wildman–Crippen MR) is 91.2 cm³/mol. The van der Waals surface area contributed by atoms with Gasteiger partial charge in [0.05, 0.1) is 0 Å². The van der Waals surface area contributed by atoms with E-state index >= 15 is 0 Å². The van der Waals surface area contributed by atoms with E-state index in [1.54, 1.807) is 7.11 Å². The van der Waals surface area contributed by atoms with Crippen molar-refractivity contribution in [3.8, 4) is 0 Å². The van der Waals surface area contributed by atoms with E-state index in [1.807, 2.05) is 19.0 Å². The van der Waals surface area contributed by atoms with E-state index in [0.29, 0.717) is 11.8 Å². The van der Waals surface area contributed by atoms with Crippen LogP contribution in [0.1, 0.15) is 24.8 Å². The summed E-state index contributed by atoms with van der Waals surface area (Å²) in [5.41, 5.74) is 1.67. The number of nitrogens with zero attached hydrogens (tertiary/aromatic N) is 1. The van der Waals surface area contributed by atoms with Gasteiger partial charge in [-0.15, -0.1) is 0 Å². The molecule has 2 aliphatic rings. The monoisotopic (exact) mass is 321 g/mol. The van der Waals surface area contributed by atoms with Crippen molar-refractivity contribution in [2.24, 2.45) is 11.8 Å². The first-order valence-corrected chi connectivity index (χ1v) is 8.63. The first-order chi connectivity index (χ1) is 10.6. The normalized spacial score (nSPS) is 29.5. The van der Waals surface area contributed by atoms with Gasteiger partial charge in [-0.25, -0.2) is 0 Å². The van der Waals surface area contributed by atoms with E-state index in [1.165, 1.54) is 12.0 Å². The molecule has 5 heteroatoms. The highest BCUT2D eigenvalue weighted by atomic mass is 35.5. The van der Waals surface area contributed by atoms with Gasteiger partial charge >= 0.3 is 7.05 Å². The fourth-order valence-corrected chi connectivity index (χ4v) is 4.52. The van der Waals surface area contributed by atoms with Crippen LogP contribution in [0.5, 0.6) is 0 Å². The molecule has 1 aliphatic heterocycles. The molecular formula is C17H25BClNO2. The summed E-state index contributed by atoms with van der Waals surface area (Å²) in [7, 11) is 1.46.